The van der Waals surface area contributed by atoms with E-state index in [4.69, 9.17) is 12.2 Å². The molecule has 0 spiro atoms. The van der Waals surface area contributed by atoms with Crippen molar-refractivity contribution in [3.8, 4) is 0 Å². The molecule has 0 aliphatic rings. The fraction of sp³-hybridized carbons (Fsp3) is 0.0667. The monoisotopic (exact) mass is 360 g/mol. The second-order valence-corrected chi connectivity index (χ2v) is 5.35. The molecule has 25 heavy (non-hydrogen) atoms. The zero-order chi connectivity index (χ0) is 18.6. The molecule has 2 aromatic rings. The number of nitro benzene ring substituents is 2. The summed E-state index contributed by atoms with van der Waals surface area (Å²) in [4.78, 5) is 32.8. The van der Waals surface area contributed by atoms with Gasteiger partial charge in [0.05, 0.1) is 9.85 Å². The molecule has 128 valence electrons. The average Bonchev–Trinajstić information content (AvgIpc) is 2.56. The summed E-state index contributed by atoms with van der Waals surface area (Å²) in [5.41, 5.74) is 0.189. The predicted octanol–water partition coefficient (Wildman–Crippen LogP) is 2.94. The second-order valence-electron chi connectivity index (χ2n) is 4.94. The maximum Gasteiger partial charge on any atom is 0.282 e. The molecule has 9 nitrogen and oxygen atoms in total. The van der Waals surface area contributed by atoms with Gasteiger partial charge in [-0.2, -0.15) is 0 Å². The molecule has 0 radical (unpaired) electrons. The molecule has 2 N–H and O–H groups in total. The molecule has 0 saturated carbocycles. The van der Waals surface area contributed by atoms with Gasteiger partial charge < -0.3 is 5.32 Å². The number of anilines is 1. The van der Waals surface area contributed by atoms with Crippen molar-refractivity contribution in [3.05, 3.63) is 73.8 Å². The van der Waals surface area contributed by atoms with Gasteiger partial charge in [0.15, 0.2) is 5.11 Å². The number of rotatable bonds is 4. The summed E-state index contributed by atoms with van der Waals surface area (Å²) in [5.74, 6) is -0.758. The highest BCUT2D eigenvalue weighted by molar-refractivity contribution is 7.80. The topological polar surface area (TPSA) is 127 Å². The van der Waals surface area contributed by atoms with Crippen LogP contribution in [0.25, 0.3) is 0 Å². The van der Waals surface area contributed by atoms with Crippen molar-refractivity contribution in [1.82, 2.24) is 5.32 Å². The Morgan fingerprint density at radius 1 is 1.04 bits per heavy atom. The van der Waals surface area contributed by atoms with Crippen LogP contribution in [0.5, 0.6) is 0 Å². The van der Waals surface area contributed by atoms with Crippen LogP contribution in [0.1, 0.15) is 15.9 Å². The molecule has 0 aliphatic carbocycles. The van der Waals surface area contributed by atoms with Gasteiger partial charge in [0, 0.05) is 23.4 Å². The maximum atomic E-state index is 12.1. The van der Waals surface area contributed by atoms with Crippen LogP contribution in [0.3, 0.4) is 0 Å². The minimum atomic E-state index is -0.758. The number of hydrogen-bond acceptors (Lipinski definition) is 6. The van der Waals surface area contributed by atoms with E-state index in [1.165, 1.54) is 36.4 Å². The highest BCUT2D eigenvalue weighted by atomic mass is 32.1. The first kappa shape index (κ1) is 17.9. The molecular formula is C15H12N4O5S. The summed E-state index contributed by atoms with van der Waals surface area (Å²) < 4.78 is 0. The van der Waals surface area contributed by atoms with Gasteiger partial charge in [0.2, 0.25) is 0 Å². The van der Waals surface area contributed by atoms with Crippen LogP contribution in [0, 0.1) is 27.2 Å². The third kappa shape index (κ3) is 4.32. The van der Waals surface area contributed by atoms with Gasteiger partial charge in [-0.3, -0.25) is 30.3 Å². The van der Waals surface area contributed by atoms with E-state index >= 15 is 0 Å². The van der Waals surface area contributed by atoms with E-state index in [2.05, 4.69) is 10.6 Å². The molecule has 0 bridgehead atoms. The highest BCUT2D eigenvalue weighted by Gasteiger charge is 2.20. The standard InChI is InChI=1S/C15H12N4O5S/c1-9-6-7-10(8-13(9)19(23)24)16-15(25)17-14(20)11-4-2-3-5-12(11)18(21)22/h2-8H,1H3,(H2,16,17,20,25). The number of nitrogens with one attached hydrogen (secondary N) is 2. The van der Waals surface area contributed by atoms with Crippen molar-refractivity contribution in [1.29, 1.82) is 0 Å². The smallest absolute Gasteiger partial charge is 0.282 e. The summed E-state index contributed by atoms with van der Waals surface area (Å²) in [5, 5.41) is 26.7. The Hall–Kier alpha value is -3.40. The Kier molecular flexibility index (Phi) is 5.35. The molecular weight excluding hydrogens is 348 g/mol. The number of hydrogen-bond donors (Lipinski definition) is 2. The summed E-state index contributed by atoms with van der Waals surface area (Å²) in [6, 6.07) is 9.80. The van der Waals surface area contributed by atoms with Crippen LogP contribution in [0.4, 0.5) is 17.1 Å². The summed E-state index contributed by atoms with van der Waals surface area (Å²) >= 11 is 4.98. The number of benzene rings is 2. The number of para-hydroxylation sites is 1. The maximum absolute atomic E-state index is 12.1. The van der Waals surface area contributed by atoms with Crippen molar-refractivity contribution in [2.24, 2.45) is 0 Å². The fourth-order valence-electron chi connectivity index (χ4n) is 2.04. The number of carbonyl (C=O) groups is 1. The molecule has 0 aliphatic heterocycles. The van der Waals surface area contributed by atoms with Crippen molar-refractivity contribution in [3.63, 3.8) is 0 Å². The van der Waals surface area contributed by atoms with E-state index in [0.29, 0.717) is 11.3 Å². The minimum Gasteiger partial charge on any atom is -0.332 e. The molecule has 0 unspecified atom stereocenters. The molecule has 0 fully saturated rings. The zero-order valence-corrected chi connectivity index (χ0v) is 13.7. The van der Waals surface area contributed by atoms with Crippen LogP contribution in [-0.2, 0) is 0 Å². The van der Waals surface area contributed by atoms with Gasteiger partial charge in [0.1, 0.15) is 5.56 Å². The highest BCUT2D eigenvalue weighted by Crippen LogP contribution is 2.22. The number of amides is 1. The van der Waals surface area contributed by atoms with Gasteiger partial charge in [-0.05, 0) is 31.3 Å². The van der Waals surface area contributed by atoms with Crippen molar-refractivity contribution >= 4 is 40.3 Å². The van der Waals surface area contributed by atoms with E-state index < -0.39 is 15.8 Å². The van der Waals surface area contributed by atoms with Gasteiger partial charge in [-0.15, -0.1) is 0 Å². The zero-order valence-electron chi connectivity index (χ0n) is 12.9. The lowest BCUT2D eigenvalue weighted by molar-refractivity contribution is -0.385. The Bertz CT molecular complexity index is 884. The molecule has 0 heterocycles. The predicted molar refractivity (Wildman–Crippen MR) is 94.6 cm³/mol. The minimum absolute atomic E-state index is 0.0992. The summed E-state index contributed by atoms with van der Waals surface area (Å²) in [6.45, 7) is 1.59. The quantitative estimate of drug-likeness (QED) is 0.487. The molecule has 0 saturated heterocycles. The van der Waals surface area contributed by atoms with E-state index in [9.17, 15) is 25.0 Å². The number of thiocarbonyl (C=S) groups is 1. The Balaban J connectivity index is 2.13. The van der Waals surface area contributed by atoms with Crippen molar-refractivity contribution in [2.45, 2.75) is 6.92 Å². The van der Waals surface area contributed by atoms with Crippen molar-refractivity contribution < 1.29 is 14.6 Å². The summed E-state index contributed by atoms with van der Waals surface area (Å²) in [6.07, 6.45) is 0. The fourth-order valence-corrected chi connectivity index (χ4v) is 2.25. The Labute approximate surface area is 147 Å². The largest absolute Gasteiger partial charge is 0.332 e. The number of nitrogens with zero attached hydrogens (tertiary/aromatic N) is 2. The molecule has 10 heteroatoms. The Morgan fingerprint density at radius 2 is 1.68 bits per heavy atom. The Morgan fingerprint density at radius 3 is 2.32 bits per heavy atom. The van der Waals surface area contributed by atoms with Gasteiger partial charge >= 0.3 is 0 Å². The van der Waals surface area contributed by atoms with E-state index in [-0.39, 0.29) is 22.1 Å². The third-order valence-electron chi connectivity index (χ3n) is 3.24. The van der Waals surface area contributed by atoms with E-state index in [1.807, 2.05) is 0 Å². The van der Waals surface area contributed by atoms with Gasteiger partial charge in [0.25, 0.3) is 17.3 Å². The van der Waals surface area contributed by atoms with Crippen LogP contribution in [0.2, 0.25) is 0 Å². The first-order chi connectivity index (χ1) is 11.8. The molecule has 1 amide bonds. The molecule has 0 aromatic heterocycles. The molecule has 2 rings (SSSR count). The lowest BCUT2D eigenvalue weighted by atomic mass is 10.1. The van der Waals surface area contributed by atoms with Crippen LogP contribution in [0.15, 0.2) is 42.5 Å². The lowest BCUT2D eigenvalue weighted by Gasteiger charge is -2.10. The normalized spacial score (nSPS) is 9.96. The molecule has 2 aromatic carbocycles. The van der Waals surface area contributed by atoms with Crippen LogP contribution < -0.4 is 10.6 Å². The number of carbonyl (C=O) groups excluding carboxylic acids is 1. The van der Waals surface area contributed by atoms with Crippen LogP contribution in [-0.4, -0.2) is 20.9 Å². The van der Waals surface area contributed by atoms with E-state index in [1.54, 1.807) is 13.0 Å². The number of nitro groups is 2. The number of aryl methyl sites for hydroxylation is 1. The first-order valence-corrected chi connectivity index (χ1v) is 7.31. The summed E-state index contributed by atoms with van der Waals surface area (Å²) in [7, 11) is 0. The van der Waals surface area contributed by atoms with Crippen LogP contribution >= 0.6 is 12.2 Å². The first-order valence-electron chi connectivity index (χ1n) is 6.90. The van der Waals surface area contributed by atoms with E-state index in [0.717, 1.165) is 0 Å². The second kappa shape index (κ2) is 7.45. The average molecular weight is 360 g/mol. The SMILES string of the molecule is Cc1ccc(NC(=S)NC(=O)c2ccccc2[N+](=O)[O-])cc1[N+](=O)[O-]. The third-order valence-corrected chi connectivity index (χ3v) is 3.44. The van der Waals surface area contributed by atoms with Gasteiger partial charge in [-0.25, -0.2) is 0 Å². The van der Waals surface area contributed by atoms with Crippen molar-refractivity contribution in [2.75, 3.05) is 5.32 Å². The lowest BCUT2D eigenvalue weighted by Crippen LogP contribution is -2.34. The van der Waals surface area contributed by atoms with Gasteiger partial charge in [-0.1, -0.05) is 18.2 Å². The molecule has 0 atom stereocenters.